The highest BCUT2D eigenvalue weighted by Crippen LogP contribution is 2.26. The van der Waals surface area contributed by atoms with Gasteiger partial charge in [-0.15, -0.1) is 5.10 Å². The van der Waals surface area contributed by atoms with Crippen molar-refractivity contribution in [2.45, 2.75) is 44.3 Å². The lowest BCUT2D eigenvalue weighted by molar-refractivity contribution is 0.376. The van der Waals surface area contributed by atoms with E-state index in [0.717, 1.165) is 25.5 Å². The average molecular weight is 298 g/mol. The van der Waals surface area contributed by atoms with Crippen LogP contribution >= 0.6 is 0 Å². The summed E-state index contributed by atoms with van der Waals surface area (Å²) in [6, 6.07) is 4.90. The predicted octanol–water partition coefficient (Wildman–Crippen LogP) is 1.77. The summed E-state index contributed by atoms with van der Waals surface area (Å²) in [6.45, 7) is 3.15. The monoisotopic (exact) mass is 298 g/mol. The largest absolute Gasteiger partial charge is 0.351 e. The summed E-state index contributed by atoms with van der Waals surface area (Å²) >= 11 is 0. The van der Waals surface area contributed by atoms with Gasteiger partial charge in [-0.2, -0.15) is 5.10 Å². The number of aryl methyl sites for hydroxylation is 1. The van der Waals surface area contributed by atoms with Crippen LogP contribution < -0.4 is 10.2 Å². The molecule has 0 amide bonds. The van der Waals surface area contributed by atoms with Crippen LogP contribution in [0.4, 0.5) is 5.82 Å². The number of anilines is 1. The van der Waals surface area contributed by atoms with Gasteiger partial charge in [0.05, 0.1) is 6.04 Å². The summed E-state index contributed by atoms with van der Waals surface area (Å²) in [5.74, 6) is 2.19. The van der Waals surface area contributed by atoms with E-state index in [2.05, 4.69) is 42.2 Å². The van der Waals surface area contributed by atoms with Gasteiger partial charge in [0.2, 0.25) is 0 Å². The summed E-state index contributed by atoms with van der Waals surface area (Å²) in [4.78, 5) is 6.91. The van der Waals surface area contributed by atoms with Crippen LogP contribution in [0.2, 0.25) is 0 Å². The highest BCUT2D eigenvalue weighted by atomic mass is 15.3. The molecular formula is C16H22N6. The van der Waals surface area contributed by atoms with Crippen LogP contribution in [0.1, 0.15) is 37.5 Å². The fourth-order valence-electron chi connectivity index (χ4n) is 3.68. The lowest BCUT2D eigenvalue weighted by atomic mass is 10.1. The predicted molar refractivity (Wildman–Crippen MR) is 84.6 cm³/mol. The maximum atomic E-state index is 4.53. The zero-order chi connectivity index (χ0) is 14.8. The van der Waals surface area contributed by atoms with E-state index in [1.165, 1.54) is 31.5 Å². The Kier molecular flexibility index (Phi) is 3.76. The van der Waals surface area contributed by atoms with Crippen molar-refractivity contribution in [1.29, 1.82) is 0 Å². The molecule has 0 aromatic carbocycles. The molecule has 1 N–H and O–H groups in total. The van der Waals surface area contributed by atoms with Gasteiger partial charge in [0.1, 0.15) is 5.82 Å². The molecule has 0 saturated carbocycles. The topological polar surface area (TPSA) is 58.9 Å². The molecule has 2 aliphatic heterocycles. The first-order valence-corrected chi connectivity index (χ1v) is 8.20. The minimum absolute atomic E-state index is 0.382. The second-order valence-electron chi connectivity index (χ2n) is 6.15. The third-order valence-corrected chi connectivity index (χ3v) is 4.78. The molecule has 1 saturated heterocycles. The van der Waals surface area contributed by atoms with Crippen LogP contribution in [0.25, 0.3) is 0 Å². The van der Waals surface area contributed by atoms with Crippen molar-refractivity contribution in [1.82, 2.24) is 25.1 Å². The molecule has 2 unspecified atom stereocenters. The zero-order valence-electron chi connectivity index (χ0n) is 12.7. The molecule has 4 heterocycles. The second-order valence-corrected chi connectivity index (χ2v) is 6.15. The standard InChI is InChI=1S/C16H22N6/c1-6-15(20-19-7-1)22-10-2-4-13(22)12-18-14-5-3-9-21-11-8-17-16(14)21/h1,6-8,11,13-14,18H,2-5,9-10,12H2. The van der Waals surface area contributed by atoms with Crippen LogP contribution in [0, 0.1) is 0 Å². The Balaban J connectivity index is 1.42. The number of rotatable bonds is 4. The molecule has 2 aliphatic rings. The number of hydrogen-bond acceptors (Lipinski definition) is 5. The summed E-state index contributed by atoms with van der Waals surface area (Å²) in [7, 11) is 0. The van der Waals surface area contributed by atoms with Crippen LogP contribution in [0.5, 0.6) is 0 Å². The maximum Gasteiger partial charge on any atom is 0.151 e. The third-order valence-electron chi connectivity index (χ3n) is 4.78. The molecule has 0 bridgehead atoms. The molecule has 0 radical (unpaired) electrons. The van der Waals surface area contributed by atoms with Crippen LogP contribution in [0.3, 0.4) is 0 Å². The normalized spacial score (nSPS) is 24.5. The van der Waals surface area contributed by atoms with Crippen molar-refractivity contribution < 1.29 is 0 Å². The van der Waals surface area contributed by atoms with Gasteiger partial charge in [-0.05, 0) is 37.8 Å². The van der Waals surface area contributed by atoms with E-state index in [1.54, 1.807) is 6.20 Å². The highest BCUT2D eigenvalue weighted by molar-refractivity contribution is 5.39. The van der Waals surface area contributed by atoms with E-state index in [-0.39, 0.29) is 0 Å². The van der Waals surface area contributed by atoms with E-state index in [0.29, 0.717) is 12.1 Å². The second kappa shape index (κ2) is 6.04. The summed E-state index contributed by atoms with van der Waals surface area (Å²) < 4.78 is 2.27. The molecule has 6 heteroatoms. The van der Waals surface area contributed by atoms with Crippen molar-refractivity contribution in [2.24, 2.45) is 0 Å². The first-order chi connectivity index (χ1) is 10.9. The summed E-state index contributed by atoms with van der Waals surface area (Å²) in [6.07, 6.45) is 10.6. The number of imidazole rings is 1. The van der Waals surface area contributed by atoms with Crippen molar-refractivity contribution >= 4 is 5.82 Å². The molecule has 2 aromatic heterocycles. The van der Waals surface area contributed by atoms with Crippen LogP contribution in [-0.2, 0) is 6.54 Å². The number of nitrogens with zero attached hydrogens (tertiary/aromatic N) is 5. The van der Waals surface area contributed by atoms with E-state index >= 15 is 0 Å². The van der Waals surface area contributed by atoms with Gasteiger partial charge in [-0.25, -0.2) is 4.98 Å². The Morgan fingerprint density at radius 2 is 2.14 bits per heavy atom. The Labute approximate surface area is 130 Å². The van der Waals surface area contributed by atoms with Gasteiger partial charge in [-0.1, -0.05) is 0 Å². The lowest BCUT2D eigenvalue weighted by Crippen LogP contribution is -2.41. The smallest absolute Gasteiger partial charge is 0.151 e. The number of fused-ring (bicyclic) bond motifs is 1. The van der Waals surface area contributed by atoms with Gasteiger partial charge in [0.15, 0.2) is 5.82 Å². The molecule has 116 valence electrons. The van der Waals surface area contributed by atoms with Gasteiger partial charge in [0, 0.05) is 44.3 Å². The van der Waals surface area contributed by atoms with Gasteiger partial charge < -0.3 is 14.8 Å². The van der Waals surface area contributed by atoms with Crippen molar-refractivity contribution in [3.63, 3.8) is 0 Å². The van der Waals surface area contributed by atoms with E-state index in [9.17, 15) is 0 Å². The summed E-state index contributed by atoms with van der Waals surface area (Å²) in [5, 5.41) is 12.0. The van der Waals surface area contributed by atoms with E-state index < -0.39 is 0 Å². The average Bonchev–Trinajstić information content (AvgIpc) is 3.23. The number of nitrogens with one attached hydrogen (secondary N) is 1. The SMILES string of the molecule is c1cnnc(N2CCCC2CNC2CCCn3ccnc32)c1. The highest BCUT2D eigenvalue weighted by Gasteiger charge is 2.28. The molecule has 0 spiro atoms. The number of aromatic nitrogens is 4. The molecule has 4 rings (SSSR count). The molecule has 1 fully saturated rings. The molecular weight excluding hydrogens is 276 g/mol. The van der Waals surface area contributed by atoms with E-state index in [1.807, 2.05) is 12.3 Å². The third kappa shape index (κ3) is 2.59. The minimum Gasteiger partial charge on any atom is -0.351 e. The molecule has 22 heavy (non-hydrogen) atoms. The lowest BCUT2D eigenvalue weighted by Gasteiger charge is -2.29. The molecule has 0 aliphatic carbocycles. The zero-order valence-corrected chi connectivity index (χ0v) is 12.7. The summed E-state index contributed by atoms with van der Waals surface area (Å²) in [5.41, 5.74) is 0. The Bertz CT molecular complexity index is 610. The van der Waals surface area contributed by atoms with Crippen molar-refractivity contribution in [3.8, 4) is 0 Å². The quantitative estimate of drug-likeness (QED) is 0.932. The van der Waals surface area contributed by atoms with Crippen molar-refractivity contribution in [3.05, 3.63) is 36.5 Å². The Morgan fingerprint density at radius 1 is 1.18 bits per heavy atom. The molecule has 6 nitrogen and oxygen atoms in total. The first-order valence-electron chi connectivity index (χ1n) is 8.20. The fourth-order valence-corrected chi connectivity index (χ4v) is 3.68. The van der Waals surface area contributed by atoms with Crippen molar-refractivity contribution in [2.75, 3.05) is 18.0 Å². The Morgan fingerprint density at radius 3 is 3.05 bits per heavy atom. The fraction of sp³-hybridized carbons (Fsp3) is 0.562. The number of hydrogen-bond donors (Lipinski definition) is 1. The minimum atomic E-state index is 0.382. The van der Waals surface area contributed by atoms with Gasteiger partial charge in [0.25, 0.3) is 0 Å². The first kappa shape index (κ1) is 13.7. The Hall–Kier alpha value is -1.95. The van der Waals surface area contributed by atoms with Crippen LogP contribution in [0.15, 0.2) is 30.7 Å². The van der Waals surface area contributed by atoms with Gasteiger partial charge in [-0.3, -0.25) is 0 Å². The molecule has 2 aromatic rings. The maximum absolute atomic E-state index is 4.53. The van der Waals surface area contributed by atoms with Crippen LogP contribution in [-0.4, -0.2) is 38.9 Å². The molecule has 2 atom stereocenters. The van der Waals surface area contributed by atoms with E-state index in [4.69, 9.17) is 0 Å². The van der Waals surface area contributed by atoms with Gasteiger partial charge >= 0.3 is 0 Å².